The predicted molar refractivity (Wildman–Crippen MR) is 101 cm³/mol. The first kappa shape index (κ1) is 20.0. The smallest absolute Gasteiger partial charge is 0.204 e. The van der Waals surface area contributed by atoms with Gasteiger partial charge in [0.1, 0.15) is 0 Å². The van der Waals surface area contributed by atoms with Crippen molar-refractivity contribution in [1.82, 2.24) is 0 Å². The number of benzene rings is 2. The summed E-state index contributed by atoms with van der Waals surface area (Å²) in [6.45, 7) is 0. The zero-order valence-corrected chi connectivity index (χ0v) is 15.9. The maximum absolute atomic E-state index is 12.7. The Morgan fingerprint density at radius 1 is 0.778 bits per heavy atom. The second-order valence-corrected chi connectivity index (χ2v) is 5.32. The number of carbonyl (C=O) groups is 1. The number of phenolic OH excluding ortho intramolecular Hbond substituents is 1. The van der Waals surface area contributed by atoms with E-state index in [2.05, 4.69) is 0 Å². The van der Waals surface area contributed by atoms with Gasteiger partial charge in [-0.1, -0.05) is 0 Å². The van der Waals surface area contributed by atoms with Crippen molar-refractivity contribution in [2.45, 2.75) is 0 Å². The number of carbonyl (C=O) groups excluding carboxylic acids is 1. The summed E-state index contributed by atoms with van der Waals surface area (Å²) in [4.78, 5) is 12.7. The topological polar surface area (TPSA) is 83.5 Å². The normalized spacial score (nSPS) is 10.6. The van der Waals surface area contributed by atoms with E-state index in [9.17, 15) is 9.90 Å². The second-order valence-electron chi connectivity index (χ2n) is 5.32. The van der Waals surface area contributed by atoms with Crippen LogP contribution in [0.5, 0.6) is 34.5 Å². The summed E-state index contributed by atoms with van der Waals surface area (Å²) in [6.07, 6.45) is 2.81. The van der Waals surface area contributed by atoms with Crippen molar-refractivity contribution in [3.8, 4) is 34.5 Å². The largest absolute Gasteiger partial charge is 0.504 e. The third-order valence-corrected chi connectivity index (χ3v) is 3.93. The van der Waals surface area contributed by atoms with Gasteiger partial charge in [-0.25, -0.2) is 0 Å². The Morgan fingerprint density at radius 3 is 1.89 bits per heavy atom. The number of ketones is 1. The van der Waals surface area contributed by atoms with Crippen LogP contribution in [0.2, 0.25) is 0 Å². The minimum absolute atomic E-state index is 0.125. The van der Waals surface area contributed by atoms with Crippen LogP contribution in [-0.4, -0.2) is 46.4 Å². The van der Waals surface area contributed by atoms with E-state index < -0.39 is 0 Å². The quantitative estimate of drug-likeness (QED) is 0.560. The lowest BCUT2D eigenvalue weighted by Gasteiger charge is -2.14. The molecule has 1 N–H and O–H groups in total. The predicted octanol–water partition coefficient (Wildman–Crippen LogP) is 3.33. The van der Waals surface area contributed by atoms with Crippen molar-refractivity contribution >= 4 is 11.9 Å². The molecule has 2 aromatic rings. The molecule has 0 spiro atoms. The van der Waals surface area contributed by atoms with Crippen LogP contribution in [0.15, 0.2) is 30.3 Å². The second kappa shape index (κ2) is 8.84. The molecule has 27 heavy (non-hydrogen) atoms. The molecule has 0 unspecified atom stereocenters. The van der Waals surface area contributed by atoms with Gasteiger partial charge < -0.3 is 28.8 Å². The van der Waals surface area contributed by atoms with Crippen molar-refractivity contribution in [3.05, 3.63) is 41.5 Å². The summed E-state index contributed by atoms with van der Waals surface area (Å²) >= 11 is 0. The van der Waals surface area contributed by atoms with Crippen molar-refractivity contribution in [2.24, 2.45) is 0 Å². The Bertz CT molecular complexity index is 856. The maximum atomic E-state index is 12.7. The summed E-state index contributed by atoms with van der Waals surface area (Å²) in [6, 6.07) is 6.46. The highest BCUT2D eigenvalue weighted by molar-refractivity contribution is 6.09. The summed E-state index contributed by atoms with van der Waals surface area (Å²) in [5.41, 5.74) is 0.701. The highest BCUT2D eigenvalue weighted by Crippen LogP contribution is 2.41. The van der Waals surface area contributed by atoms with Gasteiger partial charge in [0.05, 0.1) is 41.1 Å². The van der Waals surface area contributed by atoms with Crippen LogP contribution in [0, 0.1) is 0 Å². The van der Waals surface area contributed by atoms with Crippen LogP contribution in [0.4, 0.5) is 0 Å². The van der Waals surface area contributed by atoms with E-state index in [4.69, 9.17) is 23.7 Å². The molecule has 0 fully saturated rings. The van der Waals surface area contributed by atoms with Crippen molar-refractivity contribution in [1.29, 1.82) is 0 Å². The van der Waals surface area contributed by atoms with Gasteiger partial charge in [-0.2, -0.15) is 0 Å². The average molecular weight is 374 g/mol. The molecule has 7 nitrogen and oxygen atoms in total. The van der Waals surface area contributed by atoms with Gasteiger partial charge in [0, 0.05) is 5.56 Å². The van der Waals surface area contributed by atoms with Gasteiger partial charge in [0.2, 0.25) is 11.5 Å². The number of aromatic hydroxyl groups is 1. The van der Waals surface area contributed by atoms with Crippen LogP contribution in [0.1, 0.15) is 15.9 Å². The summed E-state index contributed by atoms with van der Waals surface area (Å²) in [7, 11) is 7.30. The average Bonchev–Trinajstić information content (AvgIpc) is 2.70. The van der Waals surface area contributed by atoms with Crippen molar-refractivity contribution in [2.75, 3.05) is 35.5 Å². The molecule has 0 bridgehead atoms. The van der Waals surface area contributed by atoms with Gasteiger partial charge in [-0.05, 0) is 36.4 Å². The van der Waals surface area contributed by atoms with Crippen LogP contribution in [0.3, 0.4) is 0 Å². The molecule has 2 rings (SSSR count). The van der Waals surface area contributed by atoms with E-state index in [1.54, 1.807) is 24.3 Å². The number of rotatable bonds is 8. The van der Waals surface area contributed by atoms with Crippen LogP contribution >= 0.6 is 0 Å². The molecule has 0 aliphatic heterocycles. The molecule has 0 saturated heterocycles. The van der Waals surface area contributed by atoms with Gasteiger partial charge in [0.25, 0.3) is 0 Å². The zero-order valence-electron chi connectivity index (χ0n) is 15.9. The SMILES string of the molecule is COc1ccc(/C=C/C(=O)c2ccc(OC)c(OC)c2OC)c(O)c1OC. The fourth-order valence-corrected chi connectivity index (χ4v) is 2.61. The Hall–Kier alpha value is -3.35. The maximum Gasteiger partial charge on any atom is 0.204 e. The first-order chi connectivity index (χ1) is 13.0. The van der Waals surface area contributed by atoms with E-state index in [1.165, 1.54) is 47.7 Å². The van der Waals surface area contributed by atoms with Crippen LogP contribution in [-0.2, 0) is 0 Å². The molecule has 0 heterocycles. The molecule has 0 saturated carbocycles. The van der Waals surface area contributed by atoms with E-state index in [0.29, 0.717) is 28.4 Å². The van der Waals surface area contributed by atoms with Gasteiger partial charge in [0.15, 0.2) is 28.8 Å². The lowest BCUT2D eigenvalue weighted by atomic mass is 10.1. The molecular formula is C20H22O7. The van der Waals surface area contributed by atoms with Gasteiger partial charge in [-0.3, -0.25) is 4.79 Å². The Labute approximate surface area is 157 Å². The van der Waals surface area contributed by atoms with Crippen molar-refractivity contribution < 1.29 is 33.6 Å². The molecule has 2 aromatic carbocycles. The van der Waals surface area contributed by atoms with E-state index in [-0.39, 0.29) is 23.0 Å². The number of hydrogen-bond acceptors (Lipinski definition) is 7. The minimum atomic E-state index is -0.331. The lowest BCUT2D eigenvalue weighted by Crippen LogP contribution is -2.03. The standard InChI is InChI=1S/C20H22O7/c1-23-15-10-7-12(17(22)19(15)26-4)6-9-14(21)13-8-11-16(24-2)20(27-5)18(13)25-3/h6-11,22H,1-5H3/b9-6+. The number of methoxy groups -OCH3 is 5. The van der Waals surface area contributed by atoms with Gasteiger partial charge in [-0.15, -0.1) is 0 Å². The Kier molecular flexibility index (Phi) is 6.54. The summed E-state index contributed by atoms with van der Waals surface area (Å²) in [5.74, 6) is 1.17. The van der Waals surface area contributed by atoms with E-state index in [1.807, 2.05) is 0 Å². The molecule has 144 valence electrons. The lowest BCUT2D eigenvalue weighted by molar-refractivity contribution is 0.104. The summed E-state index contributed by atoms with van der Waals surface area (Å²) in [5, 5.41) is 10.3. The third kappa shape index (κ3) is 3.92. The number of allylic oxidation sites excluding steroid dienone is 1. The fourth-order valence-electron chi connectivity index (χ4n) is 2.61. The minimum Gasteiger partial charge on any atom is -0.504 e. The fraction of sp³-hybridized carbons (Fsp3) is 0.250. The molecule has 0 aliphatic rings. The molecule has 0 aliphatic carbocycles. The first-order valence-electron chi connectivity index (χ1n) is 7.97. The Morgan fingerprint density at radius 2 is 1.33 bits per heavy atom. The zero-order chi connectivity index (χ0) is 20.0. The van der Waals surface area contributed by atoms with Gasteiger partial charge >= 0.3 is 0 Å². The highest BCUT2D eigenvalue weighted by Gasteiger charge is 2.19. The van der Waals surface area contributed by atoms with Crippen LogP contribution in [0.25, 0.3) is 6.08 Å². The molecule has 0 radical (unpaired) electrons. The summed E-state index contributed by atoms with van der Waals surface area (Å²) < 4.78 is 26.1. The Balaban J connectivity index is 2.41. The first-order valence-corrected chi connectivity index (χ1v) is 7.97. The monoisotopic (exact) mass is 374 g/mol. The number of ether oxygens (including phenoxy) is 5. The molecule has 7 heteroatoms. The highest BCUT2D eigenvalue weighted by atomic mass is 16.5. The molecule has 0 atom stereocenters. The van der Waals surface area contributed by atoms with Crippen molar-refractivity contribution in [3.63, 3.8) is 0 Å². The molecular weight excluding hydrogens is 352 g/mol. The molecule has 0 aromatic heterocycles. The number of hydrogen-bond donors (Lipinski definition) is 1. The van der Waals surface area contributed by atoms with Crippen LogP contribution < -0.4 is 23.7 Å². The third-order valence-electron chi connectivity index (χ3n) is 3.93. The van der Waals surface area contributed by atoms with E-state index in [0.717, 1.165) is 0 Å². The number of phenols is 1. The molecule has 0 amide bonds. The van der Waals surface area contributed by atoms with E-state index >= 15 is 0 Å².